The lowest BCUT2D eigenvalue weighted by Gasteiger charge is -2.47. The third-order valence-electron chi connectivity index (χ3n) is 20.4. The van der Waals surface area contributed by atoms with Crippen molar-refractivity contribution in [1.29, 1.82) is 0 Å². The summed E-state index contributed by atoms with van der Waals surface area (Å²) < 4.78 is 80.9. The number of esters is 1. The van der Waals surface area contributed by atoms with E-state index in [4.69, 9.17) is 55.9 Å². The van der Waals surface area contributed by atoms with Gasteiger partial charge < -0.3 is 55.9 Å². The molecular weight excluding hydrogens is 1010 g/mol. The lowest BCUT2D eigenvalue weighted by Crippen LogP contribution is -2.62. The Morgan fingerprint density at radius 3 is 1.87 bits per heavy atom. The molecule has 0 aromatic heterocycles. The molecule has 6 saturated heterocycles. The molecule has 6 fully saturated rings. The topological polar surface area (TPSA) is 128 Å². The van der Waals surface area contributed by atoms with E-state index in [1.807, 2.05) is 6.08 Å². The predicted molar refractivity (Wildman–Crippen MR) is 309 cm³/mol. The van der Waals surface area contributed by atoms with Crippen molar-refractivity contribution < 1.29 is 60.7 Å². The summed E-state index contributed by atoms with van der Waals surface area (Å²) in [5.41, 5.74) is 1.13. The average molecular weight is 1120 g/mol. The number of methoxy groups -OCH3 is 3. The van der Waals surface area contributed by atoms with Crippen molar-refractivity contribution in [1.82, 2.24) is 0 Å². The maximum absolute atomic E-state index is 13.1. The minimum Gasteiger partial charge on any atom is -0.469 e. The normalized spacial score (nSPS) is 36.1. The van der Waals surface area contributed by atoms with Gasteiger partial charge in [0.25, 0.3) is 0 Å². The summed E-state index contributed by atoms with van der Waals surface area (Å²) in [5, 5.41) is 0. The highest BCUT2D eigenvalue weighted by Crippen LogP contribution is 2.48. The third-order valence-corrected chi connectivity index (χ3v) is 34.4. The number of hydrogen-bond acceptors (Lipinski definition) is 13. The van der Waals surface area contributed by atoms with E-state index in [1.54, 1.807) is 14.2 Å². The summed E-state index contributed by atoms with van der Waals surface area (Å²) in [6.45, 7) is 36.7. The molecule has 16 heteroatoms. The van der Waals surface area contributed by atoms with E-state index in [2.05, 4.69) is 96.2 Å². The summed E-state index contributed by atoms with van der Waals surface area (Å²) in [6.07, 6.45) is 8.67. The summed E-state index contributed by atoms with van der Waals surface area (Å²) in [4.78, 5) is 13.1. The molecule has 0 aromatic rings. The van der Waals surface area contributed by atoms with E-state index in [9.17, 15) is 4.79 Å². The SMILES string of the molecule is C=CC[C@@H]1O[C@@H]2C(O[C@@H]3CC(CCC4CC(C)(C)C(CCC5CC(C)C(=C)C(C[C@@H]6OC(CC(CO[Si](CC)(CC)CC)O[Si](CC)(CC)CC)[C@H](OC)C6CC(=O)OC)O5)O4)OC23)C(OC)C1O[Si](CC)(CC)CC. The molecule has 0 bridgehead atoms. The molecule has 6 heterocycles. The van der Waals surface area contributed by atoms with Crippen LogP contribution in [0.25, 0.3) is 0 Å². The number of carbonyl (C=O) groups is 1. The van der Waals surface area contributed by atoms with E-state index in [1.165, 1.54) is 7.11 Å². The highest BCUT2D eigenvalue weighted by atomic mass is 28.4. The summed E-state index contributed by atoms with van der Waals surface area (Å²) in [6, 6.07) is 9.62. The van der Waals surface area contributed by atoms with Crippen LogP contribution in [0, 0.1) is 17.3 Å². The van der Waals surface area contributed by atoms with Crippen LogP contribution in [0.15, 0.2) is 24.8 Å². The number of hydrogen-bond donors (Lipinski definition) is 0. The van der Waals surface area contributed by atoms with Crippen LogP contribution in [0.4, 0.5) is 0 Å². The molecule has 0 aromatic carbocycles. The summed E-state index contributed by atoms with van der Waals surface area (Å²) in [7, 11) is -0.827. The first kappa shape index (κ1) is 64.3. The second-order valence-corrected chi connectivity index (χ2v) is 38.9. The van der Waals surface area contributed by atoms with Gasteiger partial charge in [0.05, 0.1) is 87.3 Å². The molecule has 0 spiro atoms. The Morgan fingerprint density at radius 2 is 1.28 bits per heavy atom. The van der Waals surface area contributed by atoms with Crippen molar-refractivity contribution in [2.45, 2.75) is 306 Å². The smallest absolute Gasteiger partial charge is 0.305 e. The Hall–Kier alpha value is -0.839. The highest BCUT2D eigenvalue weighted by Gasteiger charge is 2.61. The molecule has 18 atom stereocenters. The van der Waals surface area contributed by atoms with Gasteiger partial charge in [-0.3, -0.25) is 4.79 Å². The Bertz CT molecular complexity index is 1770. The Labute approximate surface area is 465 Å². The van der Waals surface area contributed by atoms with Gasteiger partial charge in [0, 0.05) is 39.4 Å². The first-order valence-electron chi connectivity index (χ1n) is 30.7. The molecule has 0 saturated carbocycles. The fourth-order valence-electron chi connectivity index (χ4n) is 14.6. The zero-order chi connectivity index (χ0) is 55.6. The Morgan fingerprint density at radius 1 is 0.671 bits per heavy atom. The Kier molecular flexibility index (Phi) is 24.5. The maximum Gasteiger partial charge on any atom is 0.305 e. The molecule has 6 rings (SSSR count). The van der Waals surface area contributed by atoms with Gasteiger partial charge in [-0.25, -0.2) is 0 Å². The zero-order valence-corrected chi connectivity index (χ0v) is 53.5. The van der Waals surface area contributed by atoms with Crippen LogP contribution < -0.4 is 0 Å². The Balaban J connectivity index is 1.05. The van der Waals surface area contributed by atoms with Gasteiger partial charge in [0.2, 0.25) is 0 Å². The number of rotatable bonds is 32. The van der Waals surface area contributed by atoms with Crippen LogP contribution in [-0.2, 0) is 60.7 Å². The van der Waals surface area contributed by atoms with Crippen molar-refractivity contribution in [3.63, 3.8) is 0 Å². The molecule has 0 radical (unpaired) electrons. The minimum atomic E-state index is -2.00. The number of ether oxygens (including phenoxy) is 9. The molecule has 13 unspecified atom stereocenters. The van der Waals surface area contributed by atoms with Crippen LogP contribution in [0.3, 0.4) is 0 Å². The van der Waals surface area contributed by atoms with E-state index in [0.717, 1.165) is 105 Å². The van der Waals surface area contributed by atoms with Crippen molar-refractivity contribution >= 4 is 30.9 Å². The second kappa shape index (κ2) is 28.9. The van der Waals surface area contributed by atoms with E-state index < -0.39 is 25.0 Å². The molecule has 0 aliphatic carbocycles. The summed E-state index contributed by atoms with van der Waals surface area (Å²) >= 11 is 0. The zero-order valence-electron chi connectivity index (χ0n) is 50.5. The largest absolute Gasteiger partial charge is 0.469 e. The van der Waals surface area contributed by atoms with E-state index in [-0.39, 0.29) is 127 Å². The van der Waals surface area contributed by atoms with Gasteiger partial charge in [-0.15, -0.1) is 6.58 Å². The fraction of sp³-hybridized carbons (Fsp3) is 0.917. The fourth-order valence-corrected chi connectivity index (χ4v) is 23.0. The monoisotopic (exact) mass is 1120 g/mol. The second-order valence-electron chi connectivity index (χ2n) is 24.7. The first-order chi connectivity index (χ1) is 36.4. The van der Waals surface area contributed by atoms with Gasteiger partial charge in [-0.05, 0) is 116 Å². The van der Waals surface area contributed by atoms with Crippen LogP contribution in [0.2, 0.25) is 54.4 Å². The van der Waals surface area contributed by atoms with Crippen LogP contribution in [0.1, 0.15) is 154 Å². The number of fused-ring (bicyclic) bond motifs is 3. The molecular formula is C60H110O13Si3. The average Bonchev–Trinajstić information content (AvgIpc) is 4.19. The van der Waals surface area contributed by atoms with Gasteiger partial charge in [0.1, 0.15) is 30.5 Å². The molecule has 13 nitrogen and oxygen atoms in total. The molecule has 0 N–H and O–H groups in total. The van der Waals surface area contributed by atoms with E-state index >= 15 is 0 Å². The highest BCUT2D eigenvalue weighted by molar-refractivity contribution is 6.74. The first-order valence-corrected chi connectivity index (χ1v) is 38.3. The van der Waals surface area contributed by atoms with Gasteiger partial charge in [-0.1, -0.05) is 95.7 Å². The van der Waals surface area contributed by atoms with Crippen molar-refractivity contribution in [3.05, 3.63) is 24.8 Å². The minimum absolute atomic E-state index is 0.0281. The molecule has 0 amide bonds. The quantitative estimate of drug-likeness (QED) is 0.0360. The number of carbonyl (C=O) groups excluding carboxylic acids is 1. The molecule has 440 valence electrons. The van der Waals surface area contributed by atoms with Crippen molar-refractivity contribution in [2.24, 2.45) is 17.3 Å². The summed E-state index contributed by atoms with van der Waals surface area (Å²) in [5.74, 6) is -0.185. The van der Waals surface area contributed by atoms with Crippen molar-refractivity contribution in [3.8, 4) is 0 Å². The third kappa shape index (κ3) is 14.9. The van der Waals surface area contributed by atoms with E-state index in [0.29, 0.717) is 25.9 Å². The molecule has 6 aliphatic heterocycles. The lowest BCUT2D eigenvalue weighted by molar-refractivity contribution is -0.226. The van der Waals surface area contributed by atoms with Crippen LogP contribution in [-0.4, -0.2) is 157 Å². The lowest BCUT2D eigenvalue weighted by atomic mass is 9.79. The standard InChI is InChI=1S/C60H110O13Si3/c1-18-28-47-56(73-76(25-8,26-9)27-10)57(64-17)59-58(70-47)55-51(71-59)34-43(68-55)29-30-44-38-60(13,14)52(67-44)32-31-42-33-40(11)41(12)48(66-42)37-49-46(36-53(61)62-15)54(63-16)50(69-49)35-45(72-75(22-5,23-6)24-7)39-65-74(19-2,20-3)21-4/h18,40,42-52,54-59H,1,12,19-39H2,2-11,13-17H3/t40?,42?,43?,44?,45?,46?,47-,48?,49-,50?,51+,52?,54+,55?,56?,57?,58-,59?/m0/s1. The predicted octanol–water partition coefficient (Wildman–Crippen LogP) is 12.9. The molecule has 6 aliphatic rings. The van der Waals surface area contributed by atoms with Crippen LogP contribution >= 0.6 is 0 Å². The van der Waals surface area contributed by atoms with Crippen LogP contribution in [0.5, 0.6) is 0 Å². The van der Waals surface area contributed by atoms with Gasteiger partial charge in [-0.2, -0.15) is 0 Å². The van der Waals surface area contributed by atoms with Gasteiger partial charge >= 0.3 is 5.97 Å². The molecule has 76 heavy (non-hydrogen) atoms. The van der Waals surface area contributed by atoms with Crippen molar-refractivity contribution in [2.75, 3.05) is 27.9 Å². The van der Waals surface area contributed by atoms with Gasteiger partial charge in [0.15, 0.2) is 25.0 Å². The maximum atomic E-state index is 13.1.